The molecule has 0 fully saturated rings. The molecule has 3 aromatic rings. The maximum atomic E-state index is 12.3. The van der Waals surface area contributed by atoms with E-state index in [1.807, 2.05) is 37.3 Å². The third kappa shape index (κ3) is 2.23. The molecular formula is C15H13N3OS. The quantitative estimate of drug-likeness (QED) is 0.757. The number of nitrogens with two attached hydrogens (primary N) is 1. The van der Waals surface area contributed by atoms with Gasteiger partial charge in [0, 0.05) is 23.5 Å². The second-order valence-corrected chi connectivity index (χ2v) is 5.59. The van der Waals surface area contributed by atoms with Gasteiger partial charge in [0.25, 0.3) is 5.91 Å². The Morgan fingerprint density at radius 1 is 1.35 bits per heavy atom. The van der Waals surface area contributed by atoms with Gasteiger partial charge in [-0.3, -0.25) is 9.78 Å². The van der Waals surface area contributed by atoms with Crippen LogP contribution in [0, 0.1) is 6.92 Å². The number of carbonyl (C=O) groups excluding carboxylic acids is 1. The molecule has 0 radical (unpaired) electrons. The van der Waals surface area contributed by atoms with Crippen LogP contribution < -0.4 is 11.1 Å². The van der Waals surface area contributed by atoms with Crippen LogP contribution in [0.15, 0.2) is 42.7 Å². The fourth-order valence-electron chi connectivity index (χ4n) is 2.05. The van der Waals surface area contributed by atoms with E-state index in [9.17, 15) is 4.79 Å². The molecule has 4 nitrogen and oxygen atoms in total. The second-order valence-electron chi connectivity index (χ2n) is 4.54. The Morgan fingerprint density at radius 3 is 2.95 bits per heavy atom. The summed E-state index contributed by atoms with van der Waals surface area (Å²) in [7, 11) is 0. The molecule has 3 N–H and O–H groups in total. The number of hydrogen-bond donors (Lipinski definition) is 2. The maximum Gasteiger partial charge on any atom is 0.267 e. The maximum absolute atomic E-state index is 12.3. The number of nitrogens with zero attached hydrogens (tertiary/aromatic N) is 1. The topological polar surface area (TPSA) is 68.0 Å². The van der Waals surface area contributed by atoms with Gasteiger partial charge in [0.1, 0.15) is 4.88 Å². The molecule has 100 valence electrons. The number of pyridine rings is 1. The minimum absolute atomic E-state index is 0.186. The van der Waals surface area contributed by atoms with Crippen LogP contribution in [0.2, 0.25) is 0 Å². The lowest BCUT2D eigenvalue weighted by molar-refractivity contribution is 0.103. The fraction of sp³-hybridized carbons (Fsp3) is 0.0667. The van der Waals surface area contributed by atoms with E-state index in [1.54, 1.807) is 12.4 Å². The Kier molecular flexibility index (Phi) is 3.12. The molecule has 0 saturated carbocycles. The summed E-state index contributed by atoms with van der Waals surface area (Å²) in [5, 5.41) is 3.75. The molecule has 0 spiro atoms. The number of nitrogens with one attached hydrogen (secondary N) is 1. The van der Waals surface area contributed by atoms with E-state index in [4.69, 9.17) is 5.73 Å². The van der Waals surface area contributed by atoms with Crippen molar-refractivity contribution in [3.05, 3.63) is 53.2 Å². The highest BCUT2D eigenvalue weighted by Crippen LogP contribution is 2.33. The highest BCUT2D eigenvalue weighted by Gasteiger charge is 2.16. The minimum Gasteiger partial charge on any atom is -0.397 e. The first-order chi connectivity index (χ1) is 9.65. The first-order valence-electron chi connectivity index (χ1n) is 6.15. The van der Waals surface area contributed by atoms with E-state index in [2.05, 4.69) is 10.3 Å². The SMILES string of the molecule is Cc1cccc(NC(=O)c2sc3cnccc3c2N)c1. The fourth-order valence-corrected chi connectivity index (χ4v) is 3.04. The first kappa shape index (κ1) is 12.6. The van der Waals surface area contributed by atoms with Gasteiger partial charge in [-0.05, 0) is 30.7 Å². The summed E-state index contributed by atoms with van der Waals surface area (Å²) in [6.45, 7) is 1.98. The van der Waals surface area contributed by atoms with Crippen LogP contribution in [0.1, 0.15) is 15.2 Å². The zero-order valence-electron chi connectivity index (χ0n) is 10.9. The molecule has 3 rings (SSSR count). The van der Waals surface area contributed by atoms with Crippen molar-refractivity contribution in [3.8, 4) is 0 Å². The van der Waals surface area contributed by atoms with E-state index < -0.39 is 0 Å². The molecule has 0 unspecified atom stereocenters. The number of thiophene rings is 1. The summed E-state index contributed by atoms with van der Waals surface area (Å²) >= 11 is 1.36. The van der Waals surface area contributed by atoms with Crippen molar-refractivity contribution in [1.82, 2.24) is 4.98 Å². The molecule has 0 atom stereocenters. The second kappa shape index (κ2) is 4.94. The number of nitrogen functional groups attached to an aromatic ring is 1. The zero-order valence-corrected chi connectivity index (χ0v) is 11.7. The van der Waals surface area contributed by atoms with Gasteiger partial charge in [-0.2, -0.15) is 0 Å². The third-order valence-corrected chi connectivity index (χ3v) is 4.17. The van der Waals surface area contributed by atoms with Crippen LogP contribution in [0.5, 0.6) is 0 Å². The summed E-state index contributed by atoms with van der Waals surface area (Å²) in [5.74, 6) is -0.186. The number of amides is 1. The average molecular weight is 283 g/mol. The van der Waals surface area contributed by atoms with Gasteiger partial charge in [0.15, 0.2) is 0 Å². The van der Waals surface area contributed by atoms with E-state index in [0.717, 1.165) is 21.3 Å². The molecule has 2 heterocycles. The molecule has 0 aliphatic carbocycles. The van der Waals surface area contributed by atoms with E-state index >= 15 is 0 Å². The van der Waals surface area contributed by atoms with Gasteiger partial charge >= 0.3 is 0 Å². The number of aromatic nitrogens is 1. The van der Waals surface area contributed by atoms with Crippen LogP contribution in [-0.2, 0) is 0 Å². The average Bonchev–Trinajstić information content (AvgIpc) is 2.77. The van der Waals surface area contributed by atoms with Gasteiger partial charge in [0.2, 0.25) is 0 Å². The summed E-state index contributed by atoms with van der Waals surface area (Å²) in [6.07, 6.45) is 3.40. The number of rotatable bonds is 2. The Balaban J connectivity index is 1.95. The lowest BCUT2D eigenvalue weighted by Gasteiger charge is -2.05. The molecule has 0 aliphatic heterocycles. The molecule has 5 heteroatoms. The monoisotopic (exact) mass is 283 g/mol. The summed E-state index contributed by atoms with van der Waals surface area (Å²) in [4.78, 5) is 16.9. The number of hydrogen-bond acceptors (Lipinski definition) is 4. The summed E-state index contributed by atoms with van der Waals surface area (Å²) in [6, 6.07) is 9.49. The van der Waals surface area contributed by atoms with Crippen LogP contribution >= 0.6 is 11.3 Å². The predicted octanol–water partition coefficient (Wildman–Crippen LogP) is 3.44. The minimum atomic E-state index is -0.186. The largest absolute Gasteiger partial charge is 0.397 e. The molecular weight excluding hydrogens is 270 g/mol. The number of benzene rings is 1. The normalized spacial score (nSPS) is 10.7. The Bertz CT molecular complexity index is 795. The van der Waals surface area contributed by atoms with Crippen molar-refractivity contribution in [1.29, 1.82) is 0 Å². The van der Waals surface area contributed by atoms with Crippen molar-refractivity contribution >= 4 is 38.7 Å². The van der Waals surface area contributed by atoms with Gasteiger partial charge < -0.3 is 11.1 Å². The van der Waals surface area contributed by atoms with Crippen LogP contribution in [0.25, 0.3) is 10.1 Å². The van der Waals surface area contributed by atoms with E-state index in [1.165, 1.54) is 11.3 Å². The van der Waals surface area contributed by atoms with Crippen molar-refractivity contribution < 1.29 is 4.79 Å². The Morgan fingerprint density at radius 2 is 2.20 bits per heavy atom. The standard InChI is InChI=1S/C15H13N3OS/c1-9-3-2-4-10(7-9)18-15(19)14-13(16)11-5-6-17-8-12(11)20-14/h2-8H,16H2,1H3,(H,18,19). The number of fused-ring (bicyclic) bond motifs is 1. The number of anilines is 2. The molecule has 0 saturated heterocycles. The molecule has 20 heavy (non-hydrogen) atoms. The van der Waals surface area contributed by atoms with E-state index in [-0.39, 0.29) is 5.91 Å². The summed E-state index contributed by atoms with van der Waals surface area (Å²) < 4.78 is 0.916. The van der Waals surface area contributed by atoms with Gasteiger partial charge in [-0.15, -0.1) is 11.3 Å². The van der Waals surface area contributed by atoms with Crippen molar-refractivity contribution in [3.63, 3.8) is 0 Å². The van der Waals surface area contributed by atoms with Crippen LogP contribution in [0.4, 0.5) is 11.4 Å². The van der Waals surface area contributed by atoms with Crippen molar-refractivity contribution in [2.45, 2.75) is 6.92 Å². The molecule has 1 amide bonds. The lowest BCUT2D eigenvalue weighted by Crippen LogP contribution is -2.11. The molecule has 0 aliphatic rings. The van der Waals surface area contributed by atoms with Gasteiger partial charge in [-0.25, -0.2) is 0 Å². The highest BCUT2D eigenvalue weighted by molar-refractivity contribution is 7.21. The first-order valence-corrected chi connectivity index (χ1v) is 6.97. The lowest BCUT2D eigenvalue weighted by atomic mass is 10.2. The number of aryl methyl sites for hydroxylation is 1. The van der Waals surface area contributed by atoms with Crippen molar-refractivity contribution in [2.75, 3.05) is 11.1 Å². The van der Waals surface area contributed by atoms with Gasteiger partial charge in [-0.1, -0.05) is 12.1 Å². The van der Waals surface area contributed by atoms with E-state index in [0.29, 0.717) is 10.6 Å². The zero-order chi connectivity index (χ0) is 14.1. The Labute approximate surface area is 120 Å². The third-order valence-electron chi connectivity index (χ3n) is 3.01. The van der Waals surface area contributed by atoms with Crippen LogP contribution in [-0.4, -0.2) is 10.9 Å². The van der Waals surface area contributed by atoms with Gasteiger partial charge in [0.05, 0.1) is 10.4 Å². The highest BCUT2D eigenvalue weighted by atomic mass is 32.1. The Hall–Kier alpha value is -2.40. The molecule has 0 bridgehead atoms. The molecule has 2 aromatic heterocycles. The van der Waals surface area contributed by atoms with Crippen molar-refractivity contribution in [2.24, 2.45) is 0 Å². The number of carbonyl (C=O) groups is 1. The predicted molar refractivity (Wildman–Crippen MR) is 83.2 cm³/mol. The van der Waals surface area contributed by atoms with Crippen LogP contribution in [0.3, 0.4) is 0 Å². The molecule has 1 aromatic carbocycles. The summed E-state index contributed by atoms with van der Waals surface area (Å²) in [5.41, 5.74) is 8.42. The smallest absolute Gasteiger partial charge is 0.267 e.